The molecule has 0 bridgehead atoms. The summed E-state index contributed by atoms with van der Waals surface area (Å²) in [5, 5.41) is 0. The molecule has 0 saturated heterocycles. The van der Waals surface area contributed by atoms with Gasteiger partial charge in [-0.1, -0.05) is 0 Å². The van der Waals surface area contributed by atoms with Gasteiger partial charge in [0.2, 0.25) is 0 Å². The highest BCUT2D eigenvalue weighted by Gasteiger charge is 2.63. The van der Waals surface area contributed by atoms with Gasteiger partial charge < -0.3 is 4.74 Å². The van der Waals surface area contributed by atoms with E-state index in [1.54, 1.807) is 6.07 Å². The van der Waals surface area contributed by atoms with E-state index in [1.165, 1.54) is 12.1 Å². The van der Waals surface area contributed by atoms with Crippen LogP contribution in [0.15, 0.2) is 18.2 Å². The first-order valence-corrected chi connectivity index (χ1v) is 8.21. The minimum Gasteiger partial charge on any atom is -0.455 e. The van der Waals surface area contributed by atoms with Crippen LogP contribution >= 0.6 is 0 Å². The molecule has 0 atom stereocenters. The number of fused-ring (bicyclic) bond motifs is 1. The zero-order chi connectivity index (χ0) is 20.6. The minimum atomic E-state index is -5.60. The van der Waals surface area contributed by atoms with E-state index in [0.29, 0.717) is 18.6 Å². The summed E-state index contributed by atoms with van der Waals surface area (Å²) in [5.74, 6) is -11.2. The molecule has 2 rings (SSSR count). The Kier molecular flexibility index (Phi) is 5.77. The number of aromatic nitrogens is 2. The number of halogens is 6. The summed E-state index contributed by atoms with van der Waals surface area (Å²) >= 11 is 0. The smallest absolute Gasteiger partial charge is 0.372 e. The predicted octanol–water partition coefficient (Wildman–Crippen LogP) is 3.97. The van der Waals surface area contributed by atoms with Gasteiger partial charge >= 0.3 is 24.2 Å². The molecule has 0 aliphatic heterocycles. The first-order valence-electron chi connectivity index (χ1n) is 8.21. The largest absolute Gasteiger partial charge is 0.455 e. The highest BCUT2D eigenvalue weighted by Crippen LogP contribution is 2.39. The highest BCUT2D eigenvalue weighted by molar-refractivity contribution is 5.93. The number of hydrogen-bond donors (Lipinski definition) is 0. The first kappa shape index (κ1) is 21.0. The van der Waals surface area contributed by atoms with Crippen molar-refractivity contribution < 1.29 is 40.4 Å². The van der Waals surface area contributed by atoms with Crippen LogP contribution < -0.4 is 4.57 Å². The van der Waals surface area contributed by atoms with E-state index in [2.05, 4.69) is 4.74 Å². The average molecular weight is 397 g/mol. The summed E-state index contributed by atoms with van der Waals surface area (Å²) in [6, 6.07) is 4.28. The molecule has 0 aliphatic carbocycles. The number of benzene rings is 1. The van der Waals surface area contributed by atoms with Gasteiger partial charge in [-0.25, -0.2) is 22.7 Å². The number of esters is 1. The van der Waals surface area contributed by atoms with Crippen molar-refractivity contribution in [1.82, 2.24) is 4.57 Å². The SMILES string of the molecule is CCn1c(C)[n+](CC)c2ccc(C(=O)OCC(F)(F)C(F)(F)C(F)F)cc21. The highest BCUT2D eigenvalue weighted by atomic mass is 19.3. The summed E-state index contributed by atoms with van der Waals surface area (Å²) < 4.78 is 84.6. The lowest BCUT2D eigenvalue weighted by Gasteiger charge is -2.25. The lowest BCUT2D eigenvalue weighted by Crippen LogP contribution is -2.49. The Morgan fingerprint density at radius 1 is 1.22 bits per heavy atom. The number of ether oxygens (including phenoxy) is 1. The molecule has 1 aromatic carbocycles. The fraction of sp³-hybridized carbons (Fsp3) is 0.529. The molecule has 27 heavy (non-hydrogen) atoms. The number of alkyl halides is 6. The number of hydrogen-bond acceptors (Lipinski definition) is 2. The second-order valence-corrected chi connectivity index (χ2v) is 5.94. The van der Waals surface area contributed by atoms with Crippen molar-refractivity contribution in [3.8, 4) is 0 Å². The van der Waals surface area contributed by atoms with Gasteiger partial charge in [0.25, 0.3) is 5.82 Å². The number of aryl methyl sites for hydroxylation is 2. The Morgan fingerprint density at radius 3 is 2.37 bits per heavy atom. The van der Waals surface area contributed by atoms with E-state index in [1.807, 2.05) is 29.9 Å². The molecule has 0 unspecified atom stereocenters. The molecule has 0 saturated carbocycles. The molecule has 0 amide bonds. The molecular weight excluding hydrogens is 378 g/mol. The number of nitrogens with zero attached hydrogens (tertiary/aromatic N) is 2. The molecule has 150 valence electrons. The maximum atomic E-state index is 13.3. The van der Waals surface area contributed by atoms with E-state index in [4.69, 9.17) is 0 Å². The number of imidazole rings is 1. The molecule has 2 aromatic rings. The second kappa shape index (κ2) is 7.40. The maximum absolute atomic E-state index is 13.3. The van der Waals surface area contributed by atoms with Crippen LogP contribution in [-0.2, 0) is 17.8 Å². The lowest BCUT2D eigenvalue weighted by molar-refractivity contribution is -0.674. The van der Waals surface area contributed by atoms with Gasteiger partial charge in [-0.15, -0.1) is 0 Å². The molecular formula is C17H19F6N2O2+. The molecule has 0 N–H and O–H groups in total. The molecule has 10 heteroatoms. The Balaban J connectivity index is 2.28. The maximum Gasteiger partial charge on any atom is 0.372 e. The minimum absolute atomic E-state index is 0.144. The molecule has 0 aliphatic rings. The van der Waals surface area contributed by atoms with Gasteiger partial charge in [-0.2, -0.15) is 17.6 Å². The molecule has 0 fully saturated rings. The standard InChI is InChI=1S/C17H19F6N2O2/c1-4-24-10(3)25(5-2)13-8-11(6-7-12(13)24)14(26)27-9-16(20,21)17(22,23)15(18)19/h6-8,15H,4-5,9H2,1-3H3/q+1. The van der Waals surface area contributed by atoms with Crippen molar-refractivity contribution in [3.63, 3.8) is 0 Å². The van der Waals surface area contributed by atoms with Crippen molar-refractivity contribution >= 4 is 17.0 Å². The summed E-state index contributed by atoms with van der Waals surface area (Å²) in [4.78, 5) is 12.0. The van der Waals surface area contributed by atoms with E-state index in [9.17, 15) is 31.1 Å². The van der Waals surface area contributed by atoms with Crippen LogP contribution in [0.2, 0.25) is 0 Å². The van der Waals surface area contributed by atoms with Crippen molar-refractivity contribution in [2.24, 2.45) is 0 Å². The number of carbonyl (C=O) groups is 1. The summed E-state index contributed by atoms with van der Waals surface area (Å²) in [6.07, 6.45) is -4.58. The molecule has 1 aromatic heterocycles. The third kappa shape index (κ3) is 3.61. The molecule has 1 heterocycles. The van der Waals surface area contributed by atoms with Crippen molar-refractivity contribution in [2.45, 2.75) is 52.1 Å². The van der Waals surface area contributed by atoms with Crippen LogP contribution in [0.25, 0.3) is 11.0 Å². The van der Waals surface area contributed by atoms with Crippen LogP contribution in [0.1, 0.15) is 30.0 Å². The van der Waals surface area contributed by atoms with Crippen LogP contribution in [0, 0.1) is 6.92 Å². The number of rotatable bonds is 7. The van der Waals surface area contributed by atoms with Crippen molar-refractivity contribution in [2.75, 3.05) is 6.61 Å². The van der Waals surface area contributed by atoms with E-state index < -0.39 is 30.8 Å². The monoisotopic (exact) mass is 397 g/mol. The average Bonchev–Trinajstić information content (AvgIpc) is 2.88. The van der Waals surface area contributed by atoms with E-state index in [0.717, 1.165) is 11.3 Å². The van der Waals surface area contributed by atoms with Crippen LogP contribution in [-0.4, -0.2) is 35.4 Å². The summed E-state index contributed by atoms with van der Waals surface area (Å²) in [6.45, 7) is 4.77. The third-order valence-electron chi connectivity index (χ3n) is 4.35. The van der Waals surface area contributed by atoms with Gasteiger partial charge in [0.05, 0.1) is 18.7 Å². The van der Waals surface area contributed by atoms with Gasteiger partial charge in [0.1, 0.15) is 0 Å². The zero-order valence-corrected chi connectivity index (χ0v) is 14.9. The van der Waals surface area contributed by atoms with E-state index in [-0.39, 0.29) is 5.56 Å². The normalized spacial score (nSPS) is 12.8. The Labute approximate surface area is 151 Å². The Hall–Kier alpha value is -2.26. The van der Waals surface area contributed by atoms with Crippen molar-refractivity contribution in [3.05, 3.63) is 29.6 Å². The van der Waals surface area contributed by atoms with Gasteiger partial charge in [0, 0.05) is 13.0 Å². The zero-order valence-electron chi connectivity index (χ0n) is 14.9. The van der Waals surface area contributed by atoms with Gasteiger partial charge in [-0.3, -0.25) is 0 Å². The number of carbonyl (C=O) groups excluding carboxylic acids is 1. The van der Waals surface area contributed by atoms with Crippen LogP contribution in [0.5, 0.6) is 0 Å². The Morgan fingerprint density at radius 2 is 1.85 bits per heavy atom. The van der Waals surface area contributed by atoms with Crippen LogP contribution in [0.3, 0.4) is 0 Å². The molecule has 0 radical (unpaired) electrons. The molecule has 4 nitrogen and oxygen atoms in total. The van der Waals surface area contributed by atoms with Gasteiger partial charge in [0.15, 0.2) is 17.6 Å². The fourth-order valence-electron chi connectivity index (χ4n) is 2.88. The predicted molar refractivity (Wildman–Crippen MR) is 84.4 cm³/mol. The Bertz CT molecular complexity index is 848. The quantitative estimate of drug-likeness (QED) is 0.403. The topological polar surface area (TPSA) is 35.1 Å². The summed E-state index contributed by atoms with van der Waals surface area (Å²) in [5.41, 5.74) is 1.29. The first-order chi connectivity index (χ1) is 12.5. The van der Waals surface area contributed by atoms with E-state index >= 15 is 0 Å². The van der Waals surface area contributed by atoms with Gasteiger partial charge in [-0.05, 0) is 26.0 Å². The fourth-order valence-corrected chi connectivity index (χ4v) is 2.88. The van der Waals surface area contributed by atoms with Crippen LogP contribution in [0.4, 0.5) is 26.3 Å². The summed E-state index contributed by atoms with van der Waals surface area (Å²) in [7, 11) is 0. The van der Waals surface area contributed by atoms with Crippen molar-refractivity contribution in [1.29, 1.82) is 0 Å². The second-order valence-electron chi connectivity index (χ2n) is 5.94. The lowest BCUT2D eigenvalue weighted by atomic mass is 10.2. The third-order valence-corrected chi connectivity index (χ3v) is 4.35. The molecule has 0 spiro atoms.